The molecule has 4 heteroatoms. The van der Waals surface area contributed by atoms with E-state index in [0.717, 1.165) is 19.3 Å². The standard InChI is InChI=1S/C19H22O4/c20-18(21)10-4-1-6-14-12-13-15(7-5-11-19(22)23)17-9-3-2-8-16(14)17/h2-3,8-9,12-13H,1,4-7,10-11H2,(H,20,21)(H,22,23). The van der Waals surface area contributed by atoms with Gasteiger partial charge >= 0.3 is 11.9 Å². The van der Waals surface area contributed by atoms with E-state index in [4.69, 9.17) is 10.2 Å². The van der Waals surface area contributed by atoms with Gasteiger partial charge in [-0.1, -0.05) is 36.4 Å². The second-order valence-electron chi connectivity index (χ2n) is 5.78. The van der Waals surface area contributed by atoms with E-state index in [0.29, 0.717) is 12.8 Å². The van der Waals surface area contributed by atoms with E-state index >= 15 is 0 Å². The largest absolute Gasteiger partial charge is 0.481 e. The molecule has 0 saturated heterocycles. The third-order valence-corrected chi connectivity index (χ3v) is 4.03. The summed E-state index contributed by atoms with van der Waals surface area (Å²) in [6.07, 6.45) is 4.20. The van der Waals surface area contributed by atoms with Gasteiger partial charge in [0.25, 0.3) is 0 Å². The molecule has 0 aliphatic rings. The van der Waals surface area contributed by atoms with Crippen LogP contribution >= 0.6 is 0 Å². The summed E-state index contributed by atoms with van der Waals surface area (Å²) < 4.78 is 0. The Morgan fingerprint density at radius 2 is 1.17 bits per heavy atom. The number of aryl methyl sites for hydroxylation is 2. The zero-order valence-electron chi connectivity index (χ0n) is 13.1. The van der Waals surface area contributed by atoms with Gasteiger partial charge in [0.05, 0.1) is 0 Å². The molecule has 2 aromatic carbocycles. The molecule has 4 nitrogen and oxygen atoms in total. The van der Waals surface area contributed by atoms with Gasteiger partial charge in [-0.15, -0.1) is 0 Å². The maximum Gasteiger partial charge on any atom is 0.303 e. The topological polar surface area (TPSA) is 74.6 Å². The first-order valence-corrected chi connectivity index (χ1v) is 8.01. The van der Waals surface area contributed by atoms with Crippen LogP contribution in [0.4, 0.5) is 0 Å². The summed E-state index contributed by atoms with van der Waals surface area (Å²) in [6.45, 7) is 0. The molecule has 2 N–H and O–H groups in total. The Bertz CT molecular complexity index is 691. The zero-order valence-corrected chi connectivity index (χ0v) is 13.1. The lowest BCUT2D eigenvalue weighted by Gasteiger charge is -2.11. The molecule has 0 aliphatic heterocycles. The maximum absolute atomic E-state index is 10.7. The Morgan fingerprint density at radius 1 is 0.696 bits per heavy atom. The van der Waals surface area contributed by atoms with Crippen LogP contribution in [0.25, 0.3) is 10.8 Å². The normalized spacial score (nSPS) is 10.8. The highest BCUT2D eigenvalue weighted by molar-refractivity contribution is 5.88. The number of aliphatic carboxylic acids is 2. The summed E-state index contributed by atoms with van der Waals surface area (Å²) in [6, 6.07) is 12.3. The first-order valence-electron chi connectivity index (χ1n) is 8.01. The van der Waals surface area contributed by atoms with Crippen LogP contribution in [-0.4, -0.2) is 22.2 Å². The number of carboxylic acid groups (broad SMARTS) is 2. The van der Waals surface area contributed by atoms with Crippen LogP contribution < -0.4 is 0 Å². The lowest BCUT2D eigenvalue weighted by molar-refractivity contribution is -0.138. The van der Waals surface area contributed by atoms with Crippen molar-refractivity contribution in [1.82, 2.24) is 0 Å². The number of hydrogen-bond donors (Lipinski definition) is 2. The molecule has 0 aliphatic carbocycles. The van der Waals surface area contributed by atoms with Crippen LogP contribution in [0.15, 0.2) is 36.4 Å². The van der Waals surface area contributed by atoms with Crippen LogP contribution in [0.3, 0.4) is 0 Å². The van der Waals surface area contributed by atoms with Gasteiger partial charge in [-0.25, -0.2) is 0 Å². The lowest BCUT2D eigenvalue weighted by atomic mass is 9.94. The van der Waals surface area contributed by atoms with Crippen molar-refractivity contribution in [3.63, 3.8) is 0 Å². The van der Waals surface area contributed by atoms with Crippen LogP contribution in [0.5, 0.6) is 0 Å². The number of fused-ring (bicyclic) bond motifs is 1. The van der Waals surface area contributed by atoms with Crippen LogP contribution in [0.2, 0.25) is 0 Å². The molecule has 0 atom stereocenters. The van der Waals surface area contributed by atoms with Gasteiger partial charge in [0.1, 0.15) is 0 Å². The number of rotatable bonds is 9. The van der Waals surface area contributed by atoms with Gasteiger partial charge in [0.15, 0.2) is 0 Å². The van der Waals surface area contributed by atoms with Crippen molar-refractivity contribution in [2.45, 2.75) is 44.9 Å². The zero-order chi connectivity index (χ0) is 16.7. The summed E-state index contributed by atoms with van der Waals surface area (Å²) in [5.74, 6) is -1.51. The summed E-state index contributed by atoms with van der Waals surface area (Å²) in [4.78, 5) is 21.2. The summed E-state index contributed by atoms with van der Waals surface area (Å²) >= 11 is 0. The molecule has 0 radical (unpaired) electrons. The number of unbranched alkanes of at least 4 members (excludes halogenated alkanes) is 1. The Morgan fingerprint density at radius 3 is 1.70 bits per heavy atom. The fourth-order valence-corrected chi connectivity index (χ4v) is 2.88. The molecule has 0 heterocycles. The van der Waals surface area contributed by atoms with Gasteiger partial charge in [-0.3, -0.25) is 9.59 Å². The summed E-state index contributed by atoms with van der Waals surface area (Å²) in [7, 11) is 0. The monoisotopic (exact) mass is 314 g/mol. The fraction of sp³-hybridized carbons (Fsp3) is 0.368. The smallest absolute Gasteiger partial charge is 0.303 e. The van der Waals surface area contributed by atoms with E-state index in [9.17, 15) is 9.59 Å². The molecule has 0 bridgehead atoms. The van der Waals surface area contributed by atoms with Gasteiger partial charge in [0, 0.05) is 12.8 Å². The molecule has 0 spiro atoms. The van der Waals surface area contributed by atoms with Gasteiger partial charge < -0.3 is 10.2 Å². The van der Waals surface area contributed by atoms with E-state index in [1.807, 2.05) is 12.1 Å². The Labute approximate surface area is 135 Å². The Hall–Kier alpha value is -2.36. The molecule has 2 rings (SSSR count). The van der Waals surface area contributed by atoms with E-state index in [1.165, 1.54) is 21.9 Å². The molecular weight excluding hydrogens is 292 g/mol. The van der Waals surface area contributed by atoms with Crippen molar-refractivity contribution in [2.75, 3.05) is 0 Å². The van der Waals surface area contributed by atoms with Gasteiger partial charge in [-0.05, 0) is 54.0 Å². The minimum atomic E-state index is -0.760. The predicted octanol–water partition coefficient (Wildman–Crippen LogP) is 4.04. The Balaban J connectivity index is 2.11. The highest BCUT2D eigenvalue weighted by Crippen LogP contribution is 2.25. The van der Waals surface area contributed by atoms with Crippen LogP contribution in [0, 0.1) is 0 Å². The van der Waals surface area contributed by atoms with Crippen molar-refractivity contribution in [2.24, 2.45) is 0 Å². The second-order valence-corrected chi connectivity index (χ2v) is 5.78. The van der Waals surface area contributed by atoms with E-state index in [1.54, 1.807) is 0 Å². The van der Waals surface area contributed by atoms with Crippen molar-refractivity contribution in [3.8, 4) is 0 Å². The lowest BCUT2D eigenvalue weighted by Crippen LogP contribution is -1.98. The molecular formula is C19H22O4. The fourth-order valence-electron chi connectivity index (χ4n) is 2.88. The molecule has 0 saturated carbocycles. The molecule has 2 aromatic rings. The molecule has 0 aromatic heterocycles. The highest BCUT2D eigenvalue weighted by atomic mass is 16.4. The van der Waals surface area contributed by atoms with E-state index < -0.39 is 11.9 Å². The maximum atomic E-state index is 10.7. The van der Waals surface area contributed by atoms with Crippen molar-refractivity contribution in [1.29, 1.82) is 0 Å². The minimum absolute atomic E-state index is 0.186. The molecule has 23 heavy (non-hydrogen) atoms. The summed E-state index contributed by atoms with van der Waals surface area (Å²) in [5, 5.41) is 19.8. The Kier molecular flexibility index (Phi) is 6.15. The van der Waals surface area contributed by atoms with Crippen molar-refractivity contribution >= 4 is 22.7 Å². The third-order valence-electron chi connectivity index (χ3n) is 4.03. The van der Waals surface area contributed by atoms with Crippen molar-refractivity contribution < 1.29 is 19.8 Å². The van der Waals surface area contributed by atoms with Crippen molar-refractivity contribution in [3.05, 3.63) is 47.5 Å². The molecule has 0 amide bonds. The third kappa shape index (κ3) is 5.09. The van der Waals surface area contributed by atoms with E-state index in [2.05, 4.69) is 24.3 Å². The SMILES string of the molecule is O=C(O)CCCCc1ccc(CCCC(=O)O)c2ccccc12. The first kappa shape index (κ1) is 17.0. The summed E-state index contributed by atoms with van der Waals surface area (Å²) in [5.41, 5.74) is 2.41. The number of benzene rings is 2. The number of hydrogen-bond acceptors (Lipinski definition) is 2. The van der Waals surface area contributed by atoms with Crippen LogP contribution in [-0.2, 0) is 22.4 Å². The first-order chi connectivity index (χ1) is 11.1. The number of carboxylic acids is 2. The predicted molar refractivity (Wildman–Crippen MR) is 89.7 cm³/mol. The number of carbonyl (C=O) groups is 2. The van der Waals surface area contributed by atoms with Gasteiger partial charge in [-0.2, -0.15) is 0 Å². The average Bonchev–Trinajstić information content (AvgIpc) is 2.52. The van der Waals surface area contributed by atoms with E-state index in [-0.39, 0.29) is 12.8 Å². The van der Waals surface area contributed by atoms with Gasteiger partial charge in [0.2, 0.25) is 0 Å². The average molecular weight is 314 g/mol. The van der Waals surface area contributed by atoms with Crippen LogP contribution in [0.1, 0.15) is 43.2 Å². The molecule has 122 valence electrons. The molecule has 0 unspecified atom stereocenters. The quantitative estimate of drug-likeness (QED) is 0.685. The minimum Gasteiger partial charge on any atom is -0.481 e. The second kappa shape index (κ2) is 8.32. The molecule has 0 fully saturated rings. The highest BCUT2D eigenvalue weighted by Gasteiger charge is 2.07.